The first-order chi connectivity index (χ1) is 10.5. The van der Waals surface area contributed by atoms with Crippen LogP contribution in [0.5, 0.6) is 11.5 Å². The van der Waals surface area contributed by atoms with E-state index in [9.17, 15) is 14.7 Å². The average molecular weight is 303 g/mol. The molecule has 1 aromatic rings. The lowest BCUT2D eigenvalue weighted by atomic mass is 10.0. The van der Waals surface area contributed by atoms with Crippen molar-refractivity contribution in [1.29, 1.82) is 0 Å². The van der Waals surface area contributed by atoms with Crippen LogP contribution in [0.4, 0.5) is 0 Å². The summed E-state index contributed by atoms with van der Waals surface area (Å²) >= 11 is 0. The number of nitrogens with one attached hydrogen (secondary N) is 1. The largest absolute Gasteiger partial charge is 0.504 e. The first-order valence-corrected chi connectivity index (χ1v) is 6.76. The molecule has 0 aromatic heterocycles. The number of carbonyl (C=O) groups excluding carboxylic acids is 2. The molecule has 2 N–H and O–H groups in total. The molecule has 116 valence electrons. The molecule has 0 saturated heterocycles. The third-order valence-corrected chi connectivity index (χ3v) is 3.17. The minimum atomic E-state index is -0.578. The second kappa shape index (κ2) is 6.34. The van der Waals surface area contributed by atoms with Crippen LogP contribution >= 0.6 is 0 Å². The van der Waals surface area contributed by atoms with Gasteiger partial charge in [0.15, 0.2) is 11.5 Å². The van der Waals surface area contributed by atoms with Crippen LogP contribution in [-0.2, 0) is 14.3 Å². The number of benzene rings is 1. The molecule has 0 spiro atoms. The van der Waals surface area contributed by atoms with Gasteiger partial charge < -0.3 is 19.9 Å². The fourth-order valence-corrected chi connectivity index (χ4v) is 2.18. The van der Waals surface area contributed by atoms with Gasteiger partial charge in [-0.05, 0) is 37.6 Å². The van der Waals surface area contributed by atoms with Crippen LogP contribution in [-0.4, -0.2) is 30.7 Å². The van der Waals surface area contributed by atoms with Gasteiger partial charge >= 0.3 is 5.97 Å². The van der Waals surface area contributed by atoms with Crippen molar-refractivity contribution in [1.82, 2.24) is 5.32 Å². The highest BCUT2D eigenvalue weighted by atomic mass is 16.5. The molecule has 0 unspecified atom stereocenters. The third kappa shape index (κ3) is 2.95. The van der Waals surface area contributed by atoms with E-state index in [0.29, 0.717) is 23.6 Å². The molecule has 0 radical (unpaired) electrons. The number of aromatic hydroxyl groups is 1. The van der Waals surface area contributed by atoms with E-state index in [4.69, 9.17) is 9.47 Å². The van der Waals surface area contributed by atoms with Gasteiger partial charge in [-0.1, -0.05) is 6.07 Å². The zero-order valence-corrected chi connectivity index (χ0v) is 12.6. The molecule has 0 saturated carbocycles. The lowest BCUT2D eigenvalue weighted by molar-refractivity contribution is -0.136. The SMILES string of the molecule is CCOc1cc(/C=C2/C(=O)NC(C)=C2C(=O)OC)ccc1O. The van der Waals surface area contributed by atoms with Crippen LogP contribution in [0.15, 0.2) is 35.0 Å². The van der Waals surface area contributed by atoms with Crippen molar-refractivity contribution in [2.75, 3.05) is 13.7 Å². The van der Waals surface area contributed by atoms with Gasteiger partial charge in [0, 0.05) is 5.70 Å². The number of amides is 1. The van der Waals surface area contributed by atoms with Gasteiger partial charge in [0.05, 0.1) is 24.9 Å². The molecule has 22 heavy (non-hydrogen) atoms. The maximum absolute atomic E-state index is 12.0. The Hall–Kier alpha value is -2.76. The quantitative estimate of drug-likeness (QED) is 0.654. The van der Waals surface area contributed by atoms with Crippen molar-refractivity contribution in [2.45, 2.75) is 13.8 Å². The fourth-order valence-electron chi connectivity index (χ4n) is 2.18. The Balaban J connectivity index is 2.45. The lowest BCUT2D eigenvalue weighted by Crippen LogP contribution is -2.15. The molecule has 1 aliphatic heterocycles. The van der Waals surface area contributed by atoms with Crippen LogP contribution in [0.25, 0.3) is 6.08 Å². The molecule has 1 amide bonds. The van der Waals surface area contributed by atoms with Crippen LogP contribution in [0.2, 0.25) is 0 Å². The van der Waals surface area contributed by atoms with E-state index in [2.05, 4.69) is 5.32 Å². The van der Waals surface area contributed by atoms with Gasteiger partial charge in [-0.25, -0.2) is 4.79 Å². The summed E-state index contributed by atoms with van der Waals surface area (Å²) in [6, 6.07) is 4.70. The molecule has 1 aliphatic rings. The normalized spacial score (nSPS) is 16.0. The Labute approximate surface area is 128 Å². The molecule has 1 aromatic carbocycles. The zero-order valence-electron chi connectivity index (χ0n) is 12.6. The van der Waals surface area contributed by atoms with E-state index in [0.717, 1.165) is 0 Å². The number of phenolic OH excluding ortho intramolecular Hbond substituents is 1. The third-order valence-electron chi connectivity index (χ3n) is 3.17. The van der Waals surface area contributed by atoms with Gasteiger partial charge in [-0.15, -0.1) is 0 Å². The second-order valence-electron chi connectivity index (χ2n) is 4.66. The summed E-state index contributed by atoms with van der Waals surface area (Å²) in [5.74, 6) is -0.620. The van der Waals surface area contributed by atoms with Gasteiger partial charge in [-0.2, -0.15) is 0 Å². The molecular formula is C16H17NO5. The number of carbonyl (C=O) groups is 2. The molecule has 0 bridgehead atoms. The van der Waals surface area contributed by atoms with Crippen LogP contribution in [0.3, 0.4) is 0 Å². The number of ether oxygens (including phenoxy) is 2. The smallest absolute Gasteiger partial charge is 0.340 e. The predicted octanol–water partition coefficient (Wildman–Crippen LogP) is 1.75. The minimum Gasteiger partial charge on any atom is -0.504 e. The van der Waals surface area contributed by atoms with E-state index in [-0.39, 0.29) is 22.8 Å². The van der Waals surface area contributed by atoms with Crippen molar-refractivity contribution in [3.63, 3.8) is 0 Å². The first-order valence-electron chi connectivity index (χ1n) is 6.76. The summed E-state index contributed by atoms with van der Waals surface area (Å²) in [4.78, 5) is 23.8. The summed E-state index contributed by atoms with van der Waals surface area (Å²) in [7, 11) is 1.26. The molecule has 6 heteroatoms. The van der Waals surface area contributed by atoms with E-state index in [1.54, 1.807) is 32.1 Å². The Morgan fingerprint density at radius 1 is 1.41 bits per heavy atom. The van der Waals surface area contributed by atoms with Crippen molar-refractivity contribution in [2.24, 2.45) is 0 Å². The molecule has 1 heterocycles. The zero-order chi connectivity index (χ0) is 16.3. The number of hydrogen-bond donors (Lipinski definition) is 2. The van der Waals surface area contributed by atoms with Crippen LogP contribution in [0.1, 0.15) is 19.4 Å². The highest BCUT2D eigenvalue weighted by Crippen LogP contribution is 2.30. The summed E-state index contributed by atoms with van der Waals surface area (Å²) in [6.45, 7) is 3.84. The van der Waals surface area contributed by atoms with Crippen molar-refractivity contribution < 1.29 is 24.2 Å². The summed E-state index contributed by atoms with van der Waals surface area (Å²) < 4.78 is 10.0. The van der Waals surface area contributed by atoms with Gasteiger partial charge in [0.25, 0.3) is 5.91 Å². The van der Waals surface area contributed by atoms with Crippen molar-refractivity contribution in [3.8, 4) is 11.5 Å². The highest BCUT2D eigenvalue weighted by molar-refractivity contribution is 6.16. The molecule has 0 fully saturated rings. The first kappa shape index (κ1) is 15.6. The molecule has 6 nitrogen and oxygen atoms in total. The van der Waals surface area contributed by atoms with Crippen molar-refractivity contribution >= 4 is 18.0 Å². The number of esters is 1. The maximum atomic E-state index is 12.0. The van der Waals surface area contributed by atoms with Crippen molar-refractivity contribution in [3.05, 3.63) is 40.6 Å². The lowest BCUT2D eigenvalue weighted by Gasteiger charge is -2.07. The monoisotopic (exact) mass is 303 g/mol. The topological polar surface area (TPSA) is 84.9 Å². The number of methoxy groups -OCH3 is 1. The highest BCUT2D eigenvalue weighted by Gasteiger charge is 2.30. The van der Waals surface area contributed by atoms with Gasteiger partial charge in [-0.3, -0.25) is 4.79 Å². The Morgan fingerprint density at radius 3 is 2.77 bits per heavy atom. The number of hydrogen-bond acceptors (Lipinski definition) is 5. The maximum Gasteiger partial charge on any atom is 0.340 e. The molecule has 2 rings (SSSR count). The summed E-state index contributed by atoms with van der Waals surface area (Å²) in [5.41, 5.74) is 1.51. The van der Waals surface area contributed by atoms with E-state index in [1.165, 1.54) is 13.2 Å². The predicted molar refractivity (Wildman–Crippen MR) is 80.1 cm³/mol. The second-order valence-corrected chi connectivity index (χ2v) is 4.66. The van der Waals surface area contributed by atoms with E-state index >= 15 is 0 Å². The summed E-state index contributed by atoms with van der Waals surface area (Å²) in [6.07, 6.45) is 1.56. The number of phenols is 1. The Bertz CT molecular complexity index is 688. The van der Waals surface area contributed by atoms with Gasteiger partial charge in [0.2, 0.25) is 0 Å². The number of allylic oxidation sites excluding steroid dienone is 1. The summed E-state index contributed by atoms with van der Waals surface area (Å²) in [5, 5.41) is 12.3. The molecule has 0 aliphatic carbocycles. The Morgan fingerprint density at radius 2 is 2.14 bits per heavy atom. The fraction of sp³-hybridized carbons (Fsp3) is 0.250. The van der Waals surface area contributed by atoms with Gasteiger partial charge in [0.1, 0.15) is 0 Å². The van der Waals surface area contributed by atoms with Crippen LogP contribution in [0, 0.1) is 0 Å². The van der Waals surface area contributed by atoms with E-state index < -0.39 is 5.97 Å². The average Bonchev–Trinajstić information content (AvgIpc) is 2.76. The number of rotatable bonds is 4. The standard InChI is InChI=1S/C16H17NO5/c1-4-22-13-8-10(5-6-12(13)18)7-11-14(16(20)21-3)9(2)17-15(11)19/h5-8,18H,4H2,1-3H3,(H,17,19)/b11-7+. The minimum absolute atomic E-state index is 0.0137. The molecule has 0 atom stereocenters. The van der Waals surface area contributed by atoms with Crippen LogP contribution < -0.4 is 10.1 Å². The van der Waals surface area contributed by atoms with E-state index in [1.807, 2.05) is 0 Å². The Kier molecular flexibility index (Phi) is 4.50. The molecular weight excluding hydrogens is 286 g/mol.